The number of carbonyl (C=O) groups is 2. The summed E-state index contributed by atoms with van der Waals surface area (Å²) in [4.78, 5) is 52.5. The third kappa shape index (κ3) is 4.07. The summed E-state index contributed by atoms with van der Waals surface area (Å²) in [5.41, 5.74) is -6.68. The van der Waals surface area contributed by atoms with Crippen LogP contribution in [0, 0.1) is 0 Å². The number of aromatic amines is 1. The molecule has 12 heteroatoms. The van der Waals surface area contributed by atoms with Gasteiger partial charge in [0.2, 0.25) is 0 Å². The molecule has 1 unspecified atom stereocenters. The molecule has 2 heterocycles. The lowest BCUT2D eigenvalue weighted by atomic mass is 9.91. The third-order valence-corrected chi connectivity index (χ3v) is 5.69. The highest BCUT2D eigenvalue weighted by atomic mass is 19.4. The minimum Gasteiger partial charge on any atom is -0.497 e. The summed E-state index contributed by atoms with van der Waals surface area (Å²) < 4.78 is 49.2. The van der Waals surface area contributed by atoms with Crippen LogP contribution in [0.4, 0.5) is 19.0 Å². The van der Waals surface area contributed by atoms with Crippen molar-refractivity contribution in [3.8, 4) is 5.75 Å². The van der Waals surface area contributed by atoms with E-state index >= 15 is 0 Å². The number of aromatic nitrogens is 2. The highest BCUT2D eigenvalue weighted by Gasteiger charge is 2.68. The van der Waals surface area contributed by atoms with E-state index in [1.807, 2.05) is 10.3 Å². The standard InChI is InChI=1S/C23H19F3N4O5/c1-35-15-9-7-14(8-10-15)18(31)29-22(23(24,25)26)16-17(27-20(22)33)30(21(34)28-19(16)32)12-11-13-5-3-2-4-6-13/h2-10H,11-12H2,1H3,(H,27,33)(H,29,31)(H,28,32,34). The van der Waals surface area contributed by atoms with Gasteiger partial charge in [0.15, 0.2) is 0 Å². The van der Waals surface area contributed by atoms with E-state index in [-0.39, 0.29) is 18.5 Å². The lowest BCUT2D eigenvalue weighted by Crippen LogP contribution is -2.62. The van der Waals surface area contributed by atoms with Gasteiger partial charge in [0.05, 0.1) is 7.11 Å². The van der Waals surface area contributed by atoms with Crippen LogP contribution in [0.25, 0.3) is 0 Å². The molecular formula is C23H19F3N4O5. The molecule has 0 spiro atoms. The van der Waals surface area contributed by atoms with Crippen LogP contribution in [0.3, 0.4) is 0 Å². The Morgan fingerprint density at radius 2 is 1.71 bits per heavy atom. The van der Waals surface area contributed by atoms with Crippen LogP contribution < -0.4 is 26.6 Å². The van der Waals surface area contributed by atoms with E-state index in [2.05, 4.69) is 0 Å². The lowest BCUT2D eigenvalue weighted by Gasteiger charge is -2.30. The fourth-order valence-electron chi connectivity index (χ4n) is 3.91. The number of hydrogen-bond donors (Lipinski definition) is 3. The highest BCUT2D eigenvalue weighted by molar-refractivity contribution is 6.09. The first-order valence-electron chi connectivity index (χ1n) is 10.3. The number of methoxy groups -OCH3 is 1. The summed E-state index contributed by atoms with van der Waals surface area (Å²) >= 11 is 0. The van der Waals surface area contributed by atoms with E-state index in [0.717, 1.165) is 10.1 Å². The fraction of sp³-hybridized carbons (Fsp3) is 0.217. The molecule has 3 N–H and O–H groups in total. The monoisotopic (exact) mass is 488 g/mol. The molecule has 0 bridgehead atoms. The number of fused-ring (bicyclic) bond motifs is 1. The minimum atomic E-state index is -5.42. The molecule has 1 atom stereocenters. The van der Waals surface area contributed by atoms with Crippen molar-refractivity contribution in [1.82, 2.24) is 14.9 Å². The van der Waals surface area contributed by atoms with E-state index in [9.17, 15) is 32.3 Å². The van der Waals surface area contributed by atoms with Crippen LogP contribution in [-0.2, 0) is 23.3 Å². The second-order valence-electron chi connectivity index (χ2n) is 7.75. The molecule has 4 rings (SSSR count). The molecule has 3 aromatic rings. The van der Waals surface area contributed by atoms with Crippen molar-refractivity contribution in [3.05, 3.63) is 92.1 Å². The van der Waals surface area contributed by atoms with Gasteiger partial charge >= 0.3 is 11.9 Å². The van der Waals surface area contributed by atoms with Gasteiger partial charge in [0.1, 0.15) is 17.1 Å². The summed E-state index contributed by atoms with van der Waals surface area (Å²) in [6.45, 7) is -0.136. The molecule has 1 aliphatic rings. The van der Waals surface area contributed by atoms with Crippen LogP contribution >= 0.6 is 0 Å². The van der Waals surface area contributed by atoms with E-state index in [4.69, 9.17) is 4.74 Å². The van der Waals surface area contributed by atoms with Crippen LogP contribution in [0.5, 0.6) is 5.75 Å². The van der Waals surface area contributed by atoms with Gasteiger partial charge in [-0.05, 0) is 36.2 Å². The number of rotatable bonds is 6. The van der Waals surface area contributed by atoms with Crippen molar-refractivity contribution in [3.63, 3.8) is 0 Å². The number of nitrogens with zero attached hydrogens (tertiary/aromatic N) is 1. The number of amides is 2. The molecule has 2 aromatic carbocycles. The first-order valence-corrected chi connectivity index (χ1v) is 10.3. The topological polar surface area (TPSA) is 122 Å². The van der Waals surface area contributed by atoms with Gasteiger partial charge in [-0.3, -0.25) is 23.9 Å². The van der Waals surface area contributed by atoms with Crippen molar-refractivity contribution in [2.45, 2.75) is 24.7 Å². The molecule has 0 saturated heterocycles. The van der Waals surface area contributed by atoms with Crippen LogP contribution in [-0.4, -0.2) is 34.7 Å². The SMILES string of the molecule is COc1ccc(C(=O)NC2(C(F)(F)F)C(=O)Nc3c2c(=O)[nH]c(=O)n3CCc2ccccc2)cc1. The number of benzene rings is 2. The average molecular weight is 488 g/mol. The summed E-state index contributed by atoms with van der Waals surface area (Å²) in [7, 11) is 1.37. The van der Waals surface area contributed by atoms with Crippen molar-refractivity contribution >= 4 is 17.6 Å². The number of nitrogens with one attached hydrogen (secondary N) is 3. The first-order chi connectivity index (χ1) is 16.6. The molecular weight excluding hydrogens is 469 g/mol. The summed E-state index contributed by atoms with van der Waals surface area (Å²) in [6.07, 6.45) is -5.19. The number of H-pyrrole nitrogens is 1. The van der Waals surface area contributed by atoms with Gasteiger partial charge in [-0.15, -0.1) is 0 Å². The Morgan fingerprint density at radius 3 is 2.31 bits per heavy atom. The lowest BCUT2D eigenvalue weighted by molar-refractivity contribution is -0.196. The Hall–Kier alpha value is -4.35. The predicted molar refractivity (Wildman–Crippen MR) is 118 cm³/mol. The van der Waals surface area contributed by atoms with Crippen molar-refractivity contribution < 1.29 is 27.5 Å². The van der Waals surface area contributed by atoms with E-state index in [1.54, 1.807) is 35.6 Å². The predicted octanol–water partition coefficient (Wildman–Crippen LogP) is 1.93. The Bertz CT molecular complexity index is 1400. The zero-order valence-corrected chi connectivity index (χ0v) is 18.2. The number of halogens is 3. The number of hydrogen-bond acceptors (Lipinski definition) is 5. The maximum Gasteiger partial charge on any atom is 0.425 e. The van der Waals surface area contributed by atoms with Gasteiger partial charge < -0.3 is 15.4 Å². The van der Waals surface area contributed by atoms with Gasteiger partial charge in [0, 0.05) is 12.1 Å². The number of anilines is 1. The fourth-order valence-corrected chi connectivity index (χ4v) is 3.91. The summed E-state index contributed by atoms with van der Waals surface area (Å²) in [5.74, 6) is -3.22. The maximum atomic E-state index is 14.5. The Kier molecular flexibility index (Phi) is 5.97. The Labute approximate surface area is 195 Å². The molecule has 1 aliphatic heterocycles. The Morgan fingerprint density at radius 1 is 1.06 bits per heavy atom. The van der Waals surface area contributed by atoms with Gasteiger partial charge in [0.25, 0.3) is 22.9 Å². The molecule has 0 fully saturated rings. The molecule has 0 radical (unpaired) electrons. The molecule has 2 amide bonds. The number of ether oxygens (including phenoxy) is 1. The molecule has 1 aromatic heterocycles. The van der Waals surface area contributed by atoms with Gasteiger partial charge in [-0.1, -0.05) is 30.3 Å². The van der Waals surface area contributed by atoms with Crippen LogP contribution in [0.2, 0.25) is 0 Å². The summed E-state index contributed by atoms with van der Waals surface area (Å²) in [5, 5.41) is 3.71. The molecule has 0 aliphatic carbocycles. The molecule has 9 nitrogen and oxygen atoms in total. The number of alkyl halides is 3. The summed E-state index contributed by atoms with van der Waals surface area (Å²) in [6, 6.07) is 13.9. The maximum absolute atomic E-state index is 14.5. The van der Waals surface area contributed by atoms with E-state index in [0.29, 0.717) is 5.75 Å². The highest BCUT2D eigenvalue weighted by Crippen LogP contribution is 2.45. The second kappa shape index (κ2) is 8.78. The molecule has 35 heavy (non-hydrogen) atoms. The minimum absolute atomic E-state index is 0.136. The zero-order chi connectivity index (χ0) is 25.4. The quantitative estimate of drug-likeness (QED) is 0.490. The first kappa shape index (κ1) is 23.8. The van der Waals surface area contributed by atoms with E-state index in [1.165, 1.54) is 31.4 Å². The van der Waals surface area contributed by atoms with Crippen molar-refractivity contribution in [2.24, 2.45) is 0 Å². The number of aryl methyl sites for hydroxylation is 1. The third-order valence-electron chi connectivity index (χ3n) is 5.69. The van der Waals surface area contributed by atoms with Crippen molar-refractivity contribution in [2.75, 3.05) is 12.4 Å². The molecule has 182 valence electrons. The smallest absolute Gasteiger partial charge is 0.425 e. The zero-order valence-electron chi connectivity index (χ0n) is 18.2. The average Bonchev–Trinajstić information content (AvgIpc) is 3.12. The van der Waals surface area contributed by atoms with E-state index < -0.39 is 46.2 Å². The van der Waals surface area contributed by atoms with Gasteiger partial charge in [-0.2, -0.15) is 13.2 Å². The largest absolute Gasteiger partial charge is 0.497 e. The van der Waals surface area contributed by atoms with Gasteiger partial charge in [-0.25, -0.2) is 4.79 Å². The molecule has 0 saturated carbocycles. The Balaban J connectivity index is 1.80. The van der Waals surface area contributed by atoms with Crippen LogP contribution in [0.15, 0.2) is 64.2 Å². The van der Waals surface area contributed by atoms with Crippen molar-refractivity contribution in [1.29, 1.82) is 0 Å². The second-order valence-corrected chi connectivity index (χ2v) is 7.75. The van der Waals surface area contributed by atoms with Crippen LogP contribution in [0.1, 0.15) is 21.5 Å². The normalized spacial score (nSPS) is 17.0. The number of carbonyl (C=O) groups excluding carboxylic acids is 2.